The lowest BCUT2D eigenvalue weighted by atomic mass is 10.1. The first-order chi connectivity index (χ1) is 12.6. The van der Waals surface area contributed by atoms with Gasteiger partial charge in [-0.3, -0.25) is 4.79 Å². The highest BCUT2D eigenvalue weighted by atomic mass is 16.4. The molecule has 26 heavy (non-hydrogen) atoms. The average molecular weight is 367 g/mol. The number of aliphatic hydroxyl groups is 2. The van der Waals surface area contributed by atoms with Crippen LogP contribution in [0.2, 0.25) is 0 Å². The van der Waals surface area contributed by atoms with Crippen molar-refractivity contribution in [3.05, 3.63) is 36.5 Å². The predicted molar refractivity (Wildman–Crippen MR) is 108 cm³/mol. The van der Waals surface area contributed by atoms with Crippen molar-refractivity contribution in [1.29, 1.82) is 0 Å². The molecule has 0 unspecified atom stereocenters. The first kappa shape index (κ1) is 24.6. The highest BCUT2D eigenvalue weighted by Crippen LogP contribution is 2.10. The number of aliphatic carboxylic acids is 1. The first-order valence-corrected chi connectivity index (χ1v) is 10.2. The van der Waals surface area contributed by atoms with E-state index in [1.54, 1.807) is 12.2 Å². The summed E-state index contributed by atoms with van der Waals surface area (Å²) in [5, 5.41) is 28.1. The molecule has 0 aromatic carbocycles. The van der Waals surface area contributed by atoms with Gasteiger partial charge in [-0.05, 0) is 19.3 Å². The smallest absolute Gasteiger partial charge is 0.303 e. The van der Waals surface area contributed by atoms with Crippen molar-refractivity contribution in [2.45, 2.75) is 96.2 Å². The quantitative estimate of drug-likeness (QED) is 0.245. The van der Waals surface area contributed by atoms with Gasteiger partial charge in [0.25, 0.3) is 0 Å². The molecule has 2 atom stereocenters. The van der Waals surface area contributed by atoms with E-state index >= 15 is 0 Å². The first-order valence-electron chi connectivity index (χ1n) is 10.2. The van der Waals surface area contributed by atoms with E-state index in [1.165, 1.54) is 0 Å². The molecule has 150 valence electrons. The van der Waals surface area contributed by atoms with Crippen LogP contribution in [0.1, 0.15) is 84.0 Å². The van der Waals surface area contributed by atoms with E-state index in [9.17, 15) is 15.0 Å². The van der Waals surface area contributed by atoms with Crippen LogP contribution < -0.4 is 0 Å². The van der Waals surface area contributed by atoms with E-state index in [-0.39, 0.29) is 12.5 Å². The second kappa shape index (κ2) is 18.4. The fourth-order valence-electron chi connectivity index (χ4n) is 2.65. The lowest BCUT2D eigenvalue weighted by Gasteiger charge is -2.05. The molecule has 0 aromatic heterocycles. The van der Waals surface area contributed by atoms with Crippen molar-refractivity contribution in [2.75, 3.05) is 0 Å². The molecule has 0 aliphatic rings. The Balaban J connectivity index is 3.61. The summed E-state index contributed by atoms with van der Waals surface area (Å²) in [5.41, 5.74) is 0. The molecule has 0 aliphatic carbocycles. The summed E-state index contributed by atoms with van der Waals surface area (Å²) in [7, 11) is 0. The Labute approximate surface area is 159 Å². The minimum atomic E-state index is -0.715. The number of allylic oxidation sites excluding steroid dienone is 4. The molecule has 3 N–H and O–H groups in total. The zero-order chi connectivity index (χ0) is 19.5. The van der Waals surface area contributed by atoms with Gasteiger partial charge in [-0.1, -0.05) is 94.7 Å². The highest BCUT2D eigenvalue weighted by molar-refractivity contribution is 5.66. The Morgan fingerprint density at radius 3 is 1.69 bits per heavy atom. The predicted octanol–water partition coefficient (Wildman–Crippen LogP) is 5.16. The Bertz CT molecular complexity index is 412. The van der Waals surface area contributed by atoms with Crippen LogP contribution in [-0.4, -0.2) is 33.5 Å². The van der Waals surface area contributed by atoms with Gasteiger partial charge in [0.2, 0.25) is 0 Å². The summed E-state index contributed by atoms with van der Waals surface area (Å²) in [6.07, 6.45) is 21.4. The molecule has 0 spiro atoms. The number of unbranched alkanes of at least 4 members (excludes halogenated alkanes) is 7. The number of hydrogen-bond acceptors (Lipinski definition) is 3. The van der Waals surface area contributed by atoms with Crippen molar-refractivity contribution in [3.63, 3.8) is 0 Å². The van der Waals surface area contributed by atoms with Gasteiger partial charge in [0.05, 0.1) is 12.2 Å². The fraction of sp³-hybridized carbons (Fsp3) is 0.682. The Morgan fingerprint density at radius 2 is 1.19 bits per heavy atom. The lowest BCUT2D eigenvalue weighted by Crippen LogP contribution is -2.01. The van der Waals surface area contributed by atoms with Crippen molar-refractivity contribution in [3.8, 4) is 0 Å². The topological polar surface area (TPSA) is 77.8 Å². The molecule has 0 amide bonds. The van der Waals surface area contributed by atoms with Crippen LogP contribution in [0.5, 0.6) is 0 Å². The molecule has 0 saturated carbocycles. The van der Waals surface area contributed by atoms with Gasteiger partial charge in [0, 0.05) is 6.42 Å². The number of carboxylic acids is 1. The maximum absolute atomic E-state index is 10.4. The molecule has 0 saturated heterocycles. The molecule has 0 heterocycles. The summed E-state index contributed by atoms with van der Waals surface area (Å²) in [4.78, 5) is 10.4. The third-order valence-electron chi connectivity index (χ3n) is 4.24. The van der Waals surface area contributed by atoms with Gasteiger partial charge in [0.1, 0.15) is 0 Å². The lowest BCUT2D eigenvalue weighted by molar-refractivity contribution is -0.137. The van der Waals surface area contributed by atoms with E-state index in [4.69, 9.17) is 5.11 Å². The standard InChI is InChI=1S/C22H38O4/c1-2-3-10-15-20(23)17-12-8-9-13-18-21(24)16-11-6-4-5-7-14-19-22(25)26/h8-9,12-13,17-18,20-21,23-24H,2-7,10-11,14-16,19H2,1H3,(H,25,26)/b9-8-,17-12+,18-13+/t20-,21-/m0/s1. The van der Waals surface area contributed by atoms with Gasteiger partial charge < -0.3 is 15.3 Å². The summed E-state index contributed by atoms with van der Waals surface area (Å²) >= 11 is 0. The van der Waals surface area contributed by atoms with Gasteiger partial charge in [-0.2, -0.15) is 0 Å². The molecule has 0 radical (unpaired) electrons. The van der Waals surface area contributed by atoms with E-state index in [1.807, 2.05) is 24.3 Å². The maximum atomic E-state index is 10.4. The van der Waals surface area contributed by atoms with E-state index in [2.05, 4.69) is 6.92 Å². The Hall–Kier alpha value is -1.39. The zero-order valence-corrected chi connectivity index (χ0v) is 16.4. The molecule has 0 fully saturated rings. The fourth-order valence-corrected chi connectivity index (χ4v) is 2.65. The van der Waals surface area contributed by atoms with Gasteiger partial charge >= 0.3 is 5.97 Å². The third kappa shape index (κ3) is 18.9. The molecular weight excluding hydrogens is 328 g/mol. The second-order valence-corrected chi connectivity index (χ2v) is 6.84. The summed E-state index contributed by atoms with van der Waals surface area (Å²) in [5.74, 6) is -0.715. The molecular formula is C22H38O4. The van der Waals surface area contributed by atoms with Crippen molar-refractivity contribution in [2.24, 2.45) is 0 Å². The number of rotatable bonds is 17. The molecule has 0 aliphatic heterocycles. The number of hydrogen-bond donors (Lipinski definition) is 3. The maximum Gasteiger partial charge on any atom is 0.303 e. The second-order valence-electron chi connectivity index (χ2n) is 6.84. The third-order valence-corrected chi connectivity index (χ3v) is 4.24. The van der Waals surface area contributed by atoms with Crippen LogP contribution in [0.25, 0.3) is 0 Å². The van der Waals surface area contributed by atoms with Crippen molar-refractivity contribution in [1.82, 2.24) is 0 Å². The van der Waals surface area contributed by atoms with Gasteiger partial charge in [0.15, 0.2) is 0 Å². The van der Waals surface area contributed by atoms with E-state index in [0.29, 0.717) is 0 Å². The van der Waals surface area contributed by atoms with E-state index in [0.717, 1.165) is 70.6 Å². The monoisotopic (exact) mass is 366 g/mol. The van der Waals surface area contributed by atoms with Crippen molar-refractivity contribution < 1.29 is 20.1 Å². The average Bonchev–Trinajstić information content (AvgIpc) is 2.60. The molecule has 0 rings (SSSR count). The molecule has 0 aromatic rings. The summed E-state index contributed by atoms with van der Waals surface area (Å²) in [6.45, 7) is 2.15. The summed E-state index contributed by atoms with van der Waals surface area (Å²) in [6, 6.07) is 0. The zero-order valence-electron chi connectivity index (χ0n) is 16.4. The number of aliphatic hydroxyl groups excluding tert-OH is 2. The van der Waals surface area contributed by atoms with Gasteiger partial charge in [-0.15, -0.1) is 0 Å². The van der Waals surface area contributed by atoms with Crippen LogP contribution in [0.4, 0.5) is 0 Å². The van der Waals surface area contributed by atoms with Crippen LogP contribution in [0.3, 0.4) is 0 Å². The minimum Gasteiger partial charge on any atom is -0.481 e. The van der Waals surface area contributed by atoms with Gasteiger partial charge in [-0.25, -0.2) is 0 Å². The minimum absolute atomic E-state index is 0.268. The van der Waals surface area contributed by atoms with Crippen LogP contribution in [0.15, 0.2) is 36.5 Å². The van der Waals surface area contributed by atoms with Crippen LogP contribution >= 0.6 is 0 Å². The normalized spacial score (nSPS) is 14.6. The van der Waals surface area contributed by atoms with Crippen LogP contribution in [0, 0.1) is 0 Å². The number of carbonyl (C=O) groups is 1. The van der Waals surface area contributed by atoms with Crippen LogP contribution in [-0.2, 0) is 4.79 Å². The van der Waals surface area contributed by atoms with E-state index < -0.39 is 12.1 Å². The molecule has 0 bridgehead atoms. The van der Waals surface area contributed by atoms with Crippen molar-refractivity contribution >= 4 is 5.97 Å². The molecule has 4 heteroatoms. The summed E-state index contributed by atoms with van der Waals surface area (Å²) < 4.78 is 0. The Kier molecular flexibility index (Phi) is 17.4. The number of carboxylic acid groups (broad SMARTS) is 1. The Morgan fingerprint density at radius 1 is 0.731 bits per heavy atom. The largest absolute Gasteiger partial charge is 0.481 e. The molecule has 4 nitrogen and oxygen atoms in total. The SMILES string of the molecule is CCCCC[C@H](O)/C=C/C=C\C=C\[C@@H](O)CCCCCCCCC(=O)O. The highest BCUT2D eigenvalue weighted by Gasteiger charge is 2.00.